The van der Waals surface area contributed by atoms with E-state index in [-0.39, 0.29) is 16.2 Å². The van der Waals surface area contributed by atoms with Crippen LogP contribution in [0.1, 0.15) is 31.8 Å². The molecule has 0 radical (unpaired) electrons. The number of anilines is 1. The van der Waals surface area contributed by atoms with Crippen molar-refractivity contribution in [2.24, 2.45) is 5.10 Å². The summed E-state index contributed by atoms with van der Waals surface area (Å²) in [5, 5.41) is 3.99. The van der Waals surface area contributed by atoms with Gasteiger partial charge in [0.05, 0.1) is 16.7 Å². The predicted octanol–water partition coefficient (Wildman–Crippen LogP) is 5.54. The fourth-order valence-electron chi connectivity index (χ4n) is 3.40. The number of hydrogen-bond acceptors (Lipinski definition) is 6. The molecule has 1 amide bonds. The van der Waals surface area contributed by atoms with Crippen molar-refractivity contribution in [1.29, 1.82) is 0 Å². The van der Waals surface area contributed by atoms with E-state index in [2.05, 4.69) is 31.2 Å². The molecule has 0 saturated carbocycles. The van der Waals surface area contributed by atoms with Crippen molar-refractivity contribution >= 4 is 49.7 Å². The van der Waals surface area contributed by atoms with E-state index in [0.29, 0.717) is 16.8 Å². The largest absolute Gasteiger partial charge is 0.422 e. The fraction of sp³-hybridized carbons (Fsp3) is 0.0357. The van der Waals surface area contributed by atoms with Gasteiger partial charge in [-0.05, 0) is 73.2 Å². The van der Waals surface area contributed by atoms with Gasteiger partial charge in [0.25, 0.3) is 15.9 Å². The van der Waals surface area contributed by atoms with Gasteiger partial charge in [-0.2, -0.15) is 5.10 Å². The molecule has 4 aromatic rings. The zero-order valence-electron chi connectivity index (χ0n) is 20.1. The van der Waals surface area contributed by atoms with Crippen LogP contribution in [0.15, 0.2) is 112 Å². The summed E-state index contributed by atoms with van der Waals surface area (Å²) in [6.45, 7) is 1.82. The zero-order chi connectivity index (χ0) is 27.1. The maximum absolute atomic E-state index is 12.6. The molecule has 192 valence electrons. The number of aryl methyl sites for hydroxylation is 1. The van der Waals surface area contributed by atoms with Crippen LogP contribution < -0.4 is 14.9 Å². The highest BCUT2D eigenvalue weighted by Gasteiger charge is 2.15. The molecule has 0 saturated heterocycles. The second kappa shape index (κ2) is 11.8. The Balaban J connectivity index is 1.42. The van der Waals surface area contributed by atoms with Gasteiger partial charge in [-0.15, -0.1) is 0 Å². The first-order valence-corrected chi connectivity index (χ1v) is 13.6. The predicted molar refractivity (Wildman–Crippen MR) is 149 cm³/mol. The molecule has 2 N–H and O–H groups in total. The second-order valence-corrected chi connectivity index (χ2v) is 10.7. The number of hydrazone groups is 1. The summed E-state index contributed by atoms with van der Waals surface area (Å²) in [5.74, 6) is -0.742. The van der Waals surface area contributed by atoms with Gasteiger partial charge in [-0.3, -0.25) is 9.52 Å². The maximum atomic E-state index is 12.6. The fourth-order valence-corrected chi connectivity index (χ4v) is 4.86. The number of nitrogens with zero attached hydrogens (tertiary/aromatic N) is 1. The molecule has 4 rings (SSSR count). The number of benzene rings is 4. The van der Waals surface area contributed by atoms with Crippen LogP contribution >= 0.6 is 15.9 Å². The van der Waals surface area contributed by atoms with Crippen molar-refractivity contribution in [2.75, 3.05) is 4.72 Å². The first-order valence-electron chi connectivity index (χ1n) is 11.3. The molecule has 38 heavy (non-hydrogen) atoms. The Hall–Kier alpha value is -4.28. The topological polar surface area (TPSA) is 114 Å². The van der Waals surface area contributed by atoms with E-state index >= 15 is 0 Å². The van der Waals surface area contributed by atoms with Crippen LogP contribution in [0.4, 0.5) is 5.69 Å². The van der Waals surface area contributed by atoms with E-state index in [9.17, 15) is 18.0 Å². The second-order valence-electron chi connectivity index (χ2n) is 8.08. The summed E-state index contributed by atoms with van der Waals surface area (Å²) >= 11 is 3.38. The third-order valence-electron chi connectivity index (χ3n) is 5.36. The molecule has 0 aliphatic carbocycles. The van der Waals surface area contributed by atoms with Gasteiger partial charge in [0, 0.05) is 21.3 Å². The first kappa shape index (κ1) is 26.8. The molecule has 0 aliphatic heterocycles. The third-order valence-corrected chi connectivity index (χ3v) is 7.25. The minimum Gasteiger partial charge on any atom is -0.422 e. The molecule has 0 spiro atoms. The highest BCUT2D eigenvalue weighted by atomic mass is 79.9. The maximum Gasteiger partial charge on any atom is 0.343 e. The van der Waals surface area contributed by atoms with Crippen LogP contribution in [0.3, 0.4) is 0 Å². The summed E-state index contributed by atoms with van der Waals surface area (Å²) in [5.41, 5.74) is 4.69. The Morgan fingerprint density at radius 3 is 2.29 bits per heavy atom. The molecular weight excluding hydrogens is 570 g/mol. The lowest BCUT2D eigenvalue weighted by Gasteiger charge is -2.10. The minimum atomic E-state index is -3.74. The van der Waals surface area contributed by atoms with Gasteiger partial charge in [-0.1, -0.05) is 52.3 Å². The number of carbonyl (C=O) groups excluding carboxylic acids is 2. The van der Waals surface area contributed by atoms with Gasteiger partial charge < -0.3 is 4.74 Å². The van der Waals surface area contributed by atoms with Gasteiger partial charge in [0.1, 0.15) is 5.75 Å². The molecule has 0 aromatic heterocycles. The summed E-state index contributed by atoms with van der Waals surface area (Å²) in [6, 6.07) is 26.0. The molecule has 0 bridgehead atoms. The number of carbonyl (C=O) groups is 2. The highest BCUT2D eigenvalue weighted by molar-refractivity contribution is 9.10. The number of amides is 1. The van der Waals surface area contributed by atoms with Crippen LogP contribution in [0.25, 0.3) is 0 Å². The minimum absolute atomic E-state index is 0.132. The van der Waals surface area contributed by atoms with Crippen molar-refractivity contribution in [3.05, 3.63) is 124 Å². The molecule has 0 fully saturated rings. The monoisotopic (exact) mass is 591 g/mol. The van der Waals surface area contributed by atoms with Crippen LogP contribution in [0, 0.1) is 6.92 Å². The third kappa shape index (κ3) is 6.72. The Bertz CT molecular complexity index is 1610. The van der Waals surface area contributed by atoms with E-state index in [1.165, 1.54) is 42.6 Å². The SMILES string of the molecule is Cc1ccccc1C(=O)Oc1ccc(Br)cc1/C=N/NC(=O)c1ccc(NS(=O)(=O)c2ccccc2)cc1. The number of ether oxygens (including phenoxy) is 1. The van der Waals surface area contributed by atoms with E-state index < -0.39 is 21.9 Å². The van der Waals surface area contributed by atoms with Crippen LogP contribution in [-0.4, -0.2) is 26.5 Å². The molecule has 0 heterocycles. The summed E-state index contributed by atoms with van der Waals surface area (Å²) in [4.78, 5) is 25.3. The highest BCUT2D eigenvalue weighted by Crippen LogP contribution is 2.23. The molecule has 0 atom stereocenters. The van der Waals surface area contributed by atoms with Crippen molar-refractivity contribution < 1.29 is 22.7 Å². The Labute approximate surface area is 228 Å². The Morgan fingerprint density at radius 2 is 1.58 bits per heavy atom. The lowest BCUT2D eigenvalue weighted by Crippen LogP contribution is -2.18. The van der Waals surface area contributed by atoms with E-state index in [0.717, 1.165) is 10.0 Å². The van der Waals surface area contributed by atoms with Crippen LogP contribution in [-0.2, 0) is 10.0 Å². The lowest BCUT2D eigenvalue weighted by molar-refractivity contribution is 0.0733. The van der Waals surface area contributed by atoms with Crippen molar-refractivity contribution in [3.8, 4) is 5.75 Å². The average Bonchev–Trinajstić information content (AvgIpc) is 2.91. The van der Waals surface area contributed by atoms with E-state index in [4.69, 9.17) is 4.74 Å². The Kier molecular flexibility index (Phi) is 8.35. The van der Waals surface area contributed by atoms with E-state index in [1.54, 1.807) is 48.5 Å². The van der Waals surface area contributed by atoms with Crippen molar-refractivity contribution in [1.82, 2.24) is 5.43 Å². The molecule has 8 nitrogen and oxygen atoms in total. The molecule has 10 heteroatoms. The summed E-state index contributed by atoms with van der Waals surface area (Å²) in [6.07, 6.45) is 1.37. The van der Waals surface area contributed by atoms with Crippen LogP contribution in [0.5, 0.6) is 5.75 Å². The molecular formula is C28H22BrN3O5S. The number of hydrogen-bond donors (Lipinski definition) is 2. The van der Waals surface area contributed by atoms with Crippen molar-refractivity contribution in [3.63, 3.8) is 0 Å². The smallest absolute Gasteiger partial charge is 0.343 e. The van der Waals surface area contributed by atoms with Gasteiger partial charge >= 0.3 is 5.97 Å². The standard InChI is InChI=1S/C28H22BrN3O5S/c1-19-7-5-6-10-25(19)28(34)37-26-16-13-22(29)17-21(26)18-30-31-27(33)20-11-14-23(15-12-20)32-38(35,36)24-8-3-2-4-9-24/h2-18,32H,1H3,(H,31,33)/b30-18+. The van der Waals surface area contributed by atoms with Gasteiger partial charge in [0.15, 0.2) is 0 Å². The number of sulfonamides is 1. The first-order chi connectivity index (χ1) is 18.2. The van der Waals surface area contributed by atoms with Gasteiger partial charge in [0.2, 0.25) is 0 Å². The summed E-state index contributed by atoms with van der Waals surface area (Å²) < 4.78 is 33.7. The lowest BCUT2D eigenvalue weighted by atomic mass is 10.1. The average molecular weight is 592 g/mol. The van der Waals surface area contributed by atoms with Gasteiger partial charge in [-0.25, -0.2) is 18.6 Å². The van der Waals surface area contributed by atoms with Crippen molar-refractivity contribution in [2.45, 2.75) is 11.8 Å². The van der Waals surface area contributed by atoms with E-state index in [1.807, 2.05) is 19.1 Å². The number of esters is 1. The molecule has 0 unspecified atom stereocenters. The molecule has 0 aliphatic rings. The number of halogens is 1. The number of nitrogens with one attached hydrogen (secondary N) is 2. The zero-order valence-corrected chi connectivity index (χ0v) is 22.5. The quantitative estimate of drug-likeness (QED) is 0.121. The summed E-state index contributed by atoms with van der Waals surface area (Å²) in [7, 11) is -3.74. The normalized spacial score (nSPS) is 11.2. The molecule has 4 aromatic carbocycles. The van der Waals surface area contributed by atoms with Crippen LogP contribution in [0.2, 0.25) is 0 Å². The number of rotatable bonds is 8. The Morgan fingerprint density at radius 1 is 0.895 bits per heavy atom.